The van der Waals surface area contributed by atoms with Crippen molar-refractivity contribution in [2.24, 2.45) is 0 Å². The summed E-state index contributed by atoms with van der Waals surface area (Å²) in [5, 5.41) is 28.3. The third kappa shape index (κ3) is 2.96. The van der Waals surface area contributed by atoms with Crippen molar-refractivity contribution in [3.63, 3.8) is 0 Å². The average Bonchev–Trinajstić information content (AvgIpc) is 2.35. The van der Waals surface area contributed by atoms with Crippen LogP contribution in [0.4, 0.5) is 10.1 Å². The molecule has 0 aliphatic rings. The Morgan fingerprint density at radius 3 is 2.56 bits per heavy atom. The van der Waals surface area contributed by atoms with Crippen LogP contribution in [0.25, 0.3) is 0 Å². The largest absolute Gasteiger partial charge is 0.478 e. The molecule has 18 heavy (non-hydrogen) atoms. The van der Waals surface area contributed by atoms with Gasteiger partial charge in [0, 0.05) is 6.20 Å². The van der Waals surface area contributed by atoms with Crippen LogP contribution in [-0.2, 0) is 0 Å². The van der Waals surface area contributed by atoms with Gasteiger partial charge in [-0.15, -0.1) is 0 Å². The van der Waals surface area contributed by atoms with Gasteiger partial charge >= 0.3 is 5.97 Å². The number of carboxylic acid groups (broad SMARTS) is 1. The van der Waals surface area contributed by atoms with Gasteiger partial charge < -0.3 is 10.4 Å². The summed E-state index contributed by atoms with van der Waals surface area (Å²) >= 11 is 1.71. The number of benzene rings is 1. The van der Waals surface area contributed by atoms with Gasteiger partial charge in [0.25, 0.3) is 0 Å². The van der Waals surface area contributed by atoms with Crippen LogP contribution in [0.2, 0.25) is 0 Å². The van der Waals surface area contributed by atoms with E-state index >= 15 is 0 Å². The monoisotopic (exact) mass is 357 g/mol. The minimum atomic E-state index is -1.31. The maximum atomic E-state index is 13.8. The van der Waals surface area contributed by atoms with Gasteiger partial charge in [-0.05, 0) is 34.7 Å². The van der Waals surface area contributed by atoms with Crippen molar-refractivity contribution < 1.29 is 14.3 Å². The van der Waals surface area contributed by atoms with Gasteiger partial charge in [-0.3, -0.25) is 0 Å². The number of hydrogen-bond donors (Lipinski definition) is 2. The fraction of sp³-hybridized carbons (Fsp3) is 0. The number of rotatable bonds is 3. The highest BCUT2D eigenvalue weighted by atomic mass is 127. The van der Waals surface area contributed by atoms with Crippen LogP contribution >= 0.6 is 22.6 Å². The minimum absolute atomic E-state index is 0.226. The minimum Gasteiger partial charge on any atom is -0.478 e. The molecule has 7 heteroatoms. The highest BCUT2D eigenvalue weighted by Crippen LogP contribution is 2.24. The number of nitriles is 2. The van der Waals surface area contributed by atoms with E-state index < -0.39 is 11.8 Å². The lowest BCUT2D eigenvalue weighted by Crippen LogP contribution is -2.06. The summed E-state index contributed by atoms with van der Waals surface area (Å²) in [4.78, 5) is 10.9. The van der Waals surface area contributed by atoms with Crippen molar-refractivity contribution in [3.8, 4) is 12.1 Å². The molecule has 0 fully saturated rings. The van der Waals surface area contributed by atoms with Crippen molar-refractivity contribution in [3.05, 3.63) is 38.9 Å². The molecule has 0 atom stereocenters. The molecule has 0 aromatic heterocycles. The van der Waals surface area contributed by atoms with E-state index in [-0.39, 0.29) is 20.4 Å². The molecule has 0 heterocycles. The summed E-state index contributed by atoms with van der Waals surface area (Å²) in [6.07, 6.45) is 0.959. The van der Waals surface area contributed by atoms with E-state index in [1.165, 1.54) is 12.1 Å². The van der Waals surface area contributed by atoms with Gasteiger partial charge in [-0.25, -0.2) is 9.18 Å². The smallest absolute Gasteiger partial charge is 0.337 e. The SMILES string of the molecule is N#CC(C#N)=CNc1c(C(=O)O)ccc(I)c1F. The van der Waals surface area contributed by atoms with Gasteiger partial charge in [-0.2, -0.15) is 10.5 Å². The quantitative estimate of drug-likeness (QED) is 0.640. The van der Waals surface area contributed by atoms with E-state index in [0.717, 1.165) is 6.20 Å². The molecule has 0 aliphatic carbocycles. The van der Waals surface area contributed by atoms with Crippen LogP contribution in [0.5, 0.6) is 0 Å². The zero-order valence-corrected chi connectivity index (χ0v) is 10.9. The zero-order chi connectivity index (χ0) is 13.7. The molecule has 0 radical (unpaired) electrons. The second-order valence-corrected chi connectivity index (χ2v) is 4.18. The molecule has 0 bridgehead atoms. The van der Waals surface area contributed by atoms with Crippen molar-refractivity contribution in [2.75, 3.05) is 5.32 Å². The molecule has 0 aliphatic heterocycles. The maximum absolute atomic E-state index is 13.8. The third-order valence-corrected chi connectivity index (χ3v) is 2.76. The second kappa shape index (κ2) is 5.98. The number of allylic oxidation sites excluding steroid dienone is 1. The van der Waals surface area contributed by atoms with E-state index in [1.54, 1.807) is 34.7 Å². The number of anilines is 1. The van der Waals surface area contributed by atoms with Crippen LogP contribution < -0.4 is 5.32 Å². The number of nitrogens with one attached hydrogen (secondary N) is 1. The number of carboxylic acids is 1. The Bertz CT molecular complexity index is 598. The summed E-state index contributed by atoms with van der Waals surface area (Å²) in [5.74, 6) is -2.06. The summed E-state index contributed by atoms with van der Waals surface area (Å²) in [5.41, 5.74) is -0.846. The number of nitrogens with zero attached hydrogens (tertiary/aromatic N) is 2. The first-order valence-electron chi connectivity index (χ1n) is 4.49. The van der Waals surface area contributed by atoms with Crippen molar-refractivity contribution in [1.29, 1.82) is 10.5 Å². The highest BCUT2D eigenvalue weighted by Gasteiger charge is 2.16. The molecule has 2 N–H and O–H groups in total. The Labute approximate surface area is 115 Å². The number of aromatic carboxylic acids is 1. The fourth-order valence-electron chi connectivity index (χ4n) is 1.10. The second-order valence-electron chi connectivity index (χ2n) is 3.02. The van der Waals surface area contributed by atoms with Crippen molar-refractivity contribution in [1.82, 2.24) is 0 Å². The normalized spacial score (nSPS) is 8.89. The molecule has 5 nitrogen and oxygen atoms in total. The van der Waals surface area contributed by atoms with Gasteiger partial charge in [0.15, 0.2) is 5.82 Å². The molecule has 1 aromatic carbocycles. The molecule has 90 valence electrons. The molecule has 0 spiro atoms. The van der Waals surface area contributed by atoms with Crippen LogP contribution in [0.15, 0.2) is 23.9 Å². The lowest BCUT2D eigenvalue weighted by molar-refractivity contribution is 0.0697. The molecular weight excluding hydrogens is 352 g/mol. The van der Waals surface area contributed by atoms with E-state index in [9.17, 15) is 9.18 Å². The first kappa shape index (κ1) is 13.9. The molecule has 1 aromatic rings. The summed E-state index contributed by atoms with van der Waals surface area (Å²) in [7, 11) is 0. The van der Waals surface area contributed by atoms with E-state index in [1.807, 2.05) is 0 Å². The molecule has 1 rings (SSSR count). The zero-order valence-electron chi connectivity index (χ0n) is 8.74. The summed E-state index contributed by atoms with van der Waals surface area (Å²) in [6, 6.07) is 5.70. The fourth-order valence-corrected chi connectivity index (χ4v) is 1.55. The lowest BCUT2D eigenvalue weighted by Gasteiger charge is -2.08. The van der Waals surface area contributed by atoms with Crippen molar-refractivity contribution in [2.45, 2.75) is 0 Å². The van der Waals surface area contributed by atoms with E-state index in [0.29, 0.717) is 0 Å². The Morgan fingerprint density at radius 2 is 2.06 bits per heavy atom. The van der Waals surface area contributed by atoms with E-state index in [2.05, 4.69) is 5.32 Å². The number of halogens is 2. The Kier molecular flexibility index (Phi) is 4.63. The predicted molar refractivity (Wildman–Crippen MR) is 69.0 cm³/mol. The first-order chi connectivity index (χ1) is 8.51. The van der Waals surface area contributed by atoms with Gasteiger partial charge in [0.2, 0.25) is 0 Å². The van der Waals surface area contributed by atoms with Gasteiger partial charge in [0.05, 0.1) is 14.8 Å². The molecular formula is C11H5FIN3O2. The third-order valence-electron chi connectivity index (χ3n) is 1.93. The van der Waals surface area contributed by atoms with Crippen LogP contribution in [0.1, 0.15) is 10.4 Å². The standard InChI is InChI=1S/C11H5FIN3O2/c12-9-8(13)2-1-7(11(17)18)10(9)16-5-6(3-14)4-15/h1-2,5,16H,(H,17,18). The Morgan fingerprint density at radius 1 is 1.44 bits per heavy atom. The van der Waals surface area contributed by atoms with E-state index in [4.69, 9.17) is 15.6 Å². The first-order valence-corrected chi connectivity index (χ1v) is 5.57. The van der Waals surface area contributed by atoms with Crippen LogP contribution in [0, 0.1) is 32.0 Å². The summed E-state index contributed by atoms with van der Waals surface area (Å²) in [6.45, 7) is 0. The molecule has 0 saturated carbocycles. The maximum Gasteiger partial charge on any atom is 0.337 e. The number of hydrogen-bond acceptors (Lipinski definition) is 4. The Balaban J connectivity index is 3.28. The highest BCUT2D eigenvalue weighted by molar-refractivity contribution is 14.1. The van der Waals surface area contributed by atoms with Crippen molar-refractivity contribution >= 4 is 34.2 Å². The topological polar surface area (TPSA) is 96.9 Å². The summed E-state index contributed by atoms with van der Waals surface area (Å²) < 4.78 is 14.0. The lowest BCUT2D eigenvalue weighted by atomic mass is 10.1. The Hall–Kier alpha value is -2.13. The average molecular weight is 357 g/mol. The number of carbonyl (C=O) groups is 1. The predicted octanol–water partition coefficient (Wildman–Crippen LogP) is 2.47. The molecule has 0 saturated heterocycles. The van der Waals surface area contributed by atoms with Crippen LogP contribution in [-0.4, -0.2) is 11.1 Å². The van der Waals surface area contributed by atoms with Gasteiger partial charge in [-0.1, -0.05) is 0 Å². The molecule has 0 unspecified atom stereocenters. The van der Waals surface area contributed by atoms with Crippen LogP contribution in [0.3, 0.4) is 0 Å². The molecule has 0 amide bonds. The van der Waals surface area contributed by atoms with Gasteiger partial charge in [0.1, 0.15) is 17.7 Å².